The quantitative estimate of drug-likeness (QED) is 0.774. The Bertz CT molecular complexity index is 886. The summed E-state index contributed by atoms with van der Waals surface area (Å²) in [6.07, 6.45) is 4.31. The predicted octanol–water partition coefficient (Wildman–Crippen LogP) is 4.13. The summed E-state index contributed by atoms with van der Waals surface area (Å²) in [5.41, 5.74) is 1.53. The summed E-state index contributed by atoms with van der Waals surface area (Å²) >= 11 is 0. The summed E-state index contributed by atoms with van der Waals surface area (Å²) in [5, 5.41) is 2.76. The first-order chi connectivity index (χ1) is 14.1. The summed E-state index contributed by atoms with van der Waals surface area (Å²) in [7, 11) is 0. The molecule has 3 rings (SSSR count). The highest BCUT2D eigenvalue weighted by Gasteiger charge is 2.19. The van der Waals surface area contributed by atoms with Gasteiger partial charge in [0, 0.05) is 24.2 Å². The molecular weight excluding hydrogens is 368 g/mol. The third-order valence-corrected chi connectivity index (χ3v) is 4.94. The first-order valence-electron chi connectivity index (χ1n) is 10.1. The van der Waals surface area contributed by atoms with Crippen molar-refractivity contribution in [1.29, 1.82) is 0 Å². The summed E-state index contributed by atoms with van der Waals surface area (Å²) < 4.78 is 5.04. The minimum atomic E-state index is -0.492. The summed E-state index contributed by atoms with van der Waals surface area (Å²) in [6.45, 7) is 3.48. The van der Waals surface area contributed by atoms with Crippen molar-refractivity contribution in [1.82, 2.24) is 4.90 Å². The van der Waals surface area contributed by atoms with E-state index in [0.717, 1.165) is 38.8 Å². The molecule has 1 heterocycles. The standard InChI is InChI=1S/C23H26N2O4/c1-2-29-23(28)19-12-5-6-13-20(19)24-21(26)17-10-9-11-18(16-17)22(27)25-14-7-3-4-8-15-25/h5-6,9-13,16H,2-4,7-8,14-15H2,1H3,(H,24,26). The first-order valence-corrected chi connectivity index (χ1v) is 10.1. The van der Waals surface area contributed by atoms with Crippen molar-refractivity contribution in [3.8, 4) is 0 Å². The van der Waals surface area contributed by atoms with Gasteiger partial charge in [-0.2, -0.15) is 0 Å². The molecule has 2 aromatic rings. The number of hydrogen-bond acceptors (Lipinski definition) is 4. The van der Waals surface area contributed by atoms with E-state index in [4.69, 9.17) is 4.74 Å². The second kappa shape index (κ2) is 9.87. The van der Waals surface area contributed by atoms with E-state index in [9.17, 15) is 14.4 Å². The van der Waals surface area contributed by atoms with Crippen LogP contribution in [0, 0.1) is 0 Å². The molecule has 152 valence electrons. The predicted molar refractivity (Wildman–Crippen MR) is 111 cm³/mol. The number of ether oxygens (including phenoxy) is 1. The van der Waals surface area contributed by atoms with Crippen molar-refractivity contribution in [2.45, 2.75) is 32.6 Å². The third-order valence-electron chi connectivity index (χ3n) is 4.94. The van der Waals surface area contributed by atoms with Crippen molar-refractivity contribution in [3.05, 3.63) is 65.2 Å². The van der Waals surface area contributed by atoms with Crippen LogP contribution in [-0.2, 0) is 4.74 Å². The fraction of sp³-hybridized carbons (Fsp3) is 0.348. The fourth-order valence-corrected chi connectivity index (χ4v) is 3.42. The van der Waals surface area contributed by atoms with E-state index in [1.807, 2.05) is 4.90 Å². The van der Waals surface area contributed by atoms with Crippen LogP contribution in [-0.4, -0.2) is 42.4 Å². The third kappa shape index (κ3) is 5.22. The Kier molecular flexibility index (Phi) is 7.00. The summed E-state index contributed by atoms with van der Waals surface area (Å²) in [4.78, 5) is 39.6. The van der Waals surface area contributed by atoms with Crippen LogP contribution in [0.5, 0.6) is 0 Å². The number of carbonyl (C=O) groups is 3. The van der Waals surface area contributed by atoms with Crippen molar-refractivity contribution in [3.63, 3.8) is 0 Å². The maximum absolute atomic E-state index is 12.8. The SMILES string of the molecule is CCOC(=O)c1ccccc1NC(=O)c1cccc(C(=O)N2CCCCCC2)c1. The van der Waals surface area contributed by atoms with Crippen LogP contribution in [0.15, 0.2) is 48.5 Å². The zero-order chi connectivity index (χ0) is 20.6. The number of esters is 1. The molecule has 1 aliphatic heterocycles. The van der Waals surface area contributed by atoms with Crippen LogP contribution in [0.3, 0.4) is 0 Å². The minimum absolute atomic E-state index is 0.0477. The number of nitrogens with one attached hydrogen (secondary N) is 1. The zero-order valence-corrected chi connectivity index (χ0v) is 16.6. The molecule has 0 atom stereocenters. The van der Waals surface area contributed by atoms with Crippen LogP contribution in [0.25, 0.3) is 0 Å². The number of likely N-dealkylation sites (tertiary alicyclic amines) is 1. The molecule has 6 nitrogen and oxygen atoms in total. The van der Waals surface area contributed by atoms with Crippen molar-refractivity contribution >= 4 is 23.5 Å². The van der Waals surface area contributed by atoms with Crippen molar-refractivity contribution in [2.24, 2.45) is 0 Å². The number of hydrogen-bond donors (Lipinski definition) is 1. The Morgan fingerprint density at radius 1 is 0.931 bits per heavy atom. The Balaban J connectivity index is 1.76. The lowest BCUT2D eigenvalue weighted by Crippen LogP contribution is -2.32. The van der Waals surface area contributed by atoms with Gasteiger partial charge in [0.25, 0.3) is 11.8 Å². The number of para-hydroxylation sites is 1. The summed E-state index contributed by atoms with van der Waals surface area (Å²) in [5.74, 6) is -0.922. The summed E-state index contributed by atoms with van der Waals surface area (Å²) in [6, 6.07) is 13.4. The van der Waals surface area contributed by atoms with Crippen LogP contribution < -0.4 is 5.32 Å². The van der Waals surface area contributed by atoms with Crippen LogP contribution in [0.2, 0.25) is 0 Å². The molecule has 2 aromatic carbocycles. The smallest absolute Gasteiger partial charge is 0.340 e. The lowest BCUT2D eigenvalue weighted by Gasteiger charge is -2.20. The van der Waals surface area contributed by atoms with Crippen LogP contribution in [0.1, 0.15) is 63.7 Å². The second-order valence-electron chi connectivity index (χ2n) is 7.01. The van der Waals surface area contributed by atoms with Crippen molar-refractivity contribution in [2.75, 3.05) is 25.0 Å². The molecule has 0 spiro atoms. The average molecular weight is 394 g/mol. The van der Waals surface area contributed by atoms with Crippen LogP contribution in [0.4, 0.5) is 5.69 Å². The number of anilines is 1. The maximum Gasteiger partial charge on any atom is 0.340 e. The number of nitrogens with zero attached hydrogens (tertiary/aromatic N) is 1. The minimum Gasteiger partial charge on any atom is -0.462 e. The molecule has 6 heteroatoms. The molecule has 0 saturated carbocycles. The van der Waals surface area contributed by atoms with Gasteiger partial charge >= 0.3 is 5.97 Å². The average Bonchev–Trinajstić information content (AvgIpc) is 3.03. The molecule has 2 amide bonds. The highest BCUT2D eigenvalue weighted by Crippen LogP contribution is 2.19. The lowest BCUT2D eigenvalue weighted by molar-refractivity contribution is 0.0527. The molecule has 1 aliphatic rings. The van der Waals surface area contributed by atoms with E-state index >= 15 is 0 Å². The molecule has 0 radical (unpaired) electrons. The second-order valence-corrected chi connectivity index (χ2v) is 7.01. The number of carbonyl (C=O) groups excluding carboxylic acids is 3. The van der Waals surface area contributed by atoms with Gasteiger partial charge in [-0.3, -0.25) is 9.59 Å². The molecule has 0 unspecified atom stereocenters. The van der Waals surface area contributed by atoms with Gasteiger partial charge in [-0.05, 0) is 50.1 Å². The fourth-order valence-electron chi connectivity index (χ4n) is 3.42. The van der Waals surface area contributed by atoms with E-state index < -0.39 is 5.97 Å². The van der Waals surface area contributed by atoms with Gasteiger partial charge in [0.2, 0.25) is 0 Å². The van der Waals surface area contributed by atoms with Gasteiger partial charge in [-0.15, -0.1) is 0 Å². The molecule has 0 aliphatic carbocycles. The van der Waals surface area contributed by atoms with Gasteiger partial charge in [0.05, 0.1) is 17.9 Å². The maximum atomic E-state index is 12.8. The highest BCUT2D eigenvalue weighted by molar-refractivity contribution is 6.09. The molecular formula is C23H26N2O4. The lowest BCUT2D eigenvalue weighted by atomic mass is 10.1. The van der Waals surface area contributed by atoms with E-state index in [2.05, 4.69) is 5.32 Å². The molecule has 1 N–H and O–H groups in total. The Hall–Kier alpha value is -3.15. The topological polar surface area (TPSA) is 75.7 Å². The largest absolute Gasteiger partial charge is 0.462 e. The van der Waals surface area contributed by atoms with E-state index in [0.29, 0.717) is 22.4 Å². The Labute approximate surface area is 170 Å². The molecule has 0 aromatic heterocycles. The van der Waals surface area contributed by atoms with E-state index in [1.54, 1.807) is 55.5 Å². The van der Waals surface area contributed by atoms with Crippen molar-refractivity contribution < 1.29 is 19.1 Å². The zero-order valence-electron chi connectivity index (χ0n) is 16.6. The Morgan fingerprint density at radius 2 is 1.62 bits per heavy atom. The number of benzene rings is 2. The number of rotatable bonds is 5. The monoisotopic (exact) mass is 394 g/mol. The normalized spacial score (nSPS) is 14.0. The van der Waals surface area contributed by atoms with E-state index in [-0.39, 0.29) is 18.4 Å². The molecule has 1 saturated heterocycles. The van der Waals surface area contributed by atoms with Gasteiger partial charge in [0.15, 0.2) is 0 Å². The van der Waals surface area contributed by atoms with Gasteiger partial charge in [-0.1, -0.05) is 31.0 Å². The molecule has 29 heavy (non-hydrogen) atoms. The number of amides is 2. The van der Waals surface area contributed by atoms with Gasteiger partial charge < -0.3 is 15.0 Å². The molecule has 1 fully saturated rings. The van der Waals surface area contributed by atoms with E-state index in [1.165, 1.54) is 0 Å². The van der Waals surface area contributed by atoms with Gasteiger partial charge in [-0.25, -0.2) is 4.79 Å². The van der Waals surface area contributed by atoms with Gasteiger partial charge in [0.1, 0.15) is 0 Å². The Morgan fingerprint density at radius 3 is 2.34 bits per heavy atom. The molecule has 0 bridgehead atoms. The van der Waals surface area contributed by atoms with Crippen LogP contribution >= 0.6 is 0 Å². The highest BCUT2D eigenvalue weighted by atomic mass is 16.5. The first kappa shape index (κ1) is 20.6.